The van der Waals surface area contributed by atoms with E-state index in [0.717, 1.165) is 11.3 Å². The van der Waals surface area contributed by atoms with Crippen LogP contribution in [0.3, 0.4) is 0 Å². The van der Waals surface area contributed by atoms with Crippen molar-refractivity contribution in [3.63, 3.8) is 0 Å². The lowest BCUT2D eigenvalue weighted by atomic mass is 10.1. The fourth-order valence-corrected chi connectivity index (χ4v) is 2.49. The average Bonchev–Trinajstić information content (AvgIpc) is 2.65. The first-order valence-corrected chi connectivity index (χ1v) is 8.81. The second kappa shape index (κ2) is 10.4. The van der Waals surface area contributed by atoms with Crippen LogP contribution in [0, 0.1) is 5.82 Å². The summed E-state index contributed by atoms with van der Waals surface area (Å²) >= 11 is 0. The number of aliphatic hydroxyl groups excluding tert-OH is 1. The molecule has 2 aromatic carbocycles. The van der Waals surface area contributed by atoms with Crippen molar-refractivity contribution >= 4 is 5.96 Å². The van der Waals surface area contributed by atoms with Gasteiger partial charge in [0.1, 0.15) is 11.6 Å². The van der Waals surface area contributed by atoms with Gasteiger partial charge in [-0.25, -0.2) is 9.38 Å². The Morgan fingerprint density at radius 1 is 1.12 bits per heavy atom. The minimum absolute atomic E-state index is 0.153. The van der Waals surface area contributed by atoms with Gasteiger partial charge in [0.25, 0.3) is 0 Å². The van der Waals surface area contributed by atoms with Gasteiger partial charge in [0.05, 0.1) is 19.3 Å². The summed E-state index contributed by atoms with van der Waals surface area (Å²) in [6.45, 7) is 5.75. The van der Waals surface area contributed by atoms with E-state index in [1.165, 1.54) is 6.07 Å². The number of halogens is 1. The van der Waals surface area contributed by atoms with Crippen LogP contribution < -0.4 is 15.4 Å². The van der Waals surface area contributed by atoms with Crippen molar-refractivity contribution in [1.29, 1.82) is 0 Å². The number of rotatable bonds is 8. The van der Waals surface area contributed by atoms with E-state index in [9.17, 15) is 9.50 Å². The van der Waals surface area contributed by atoms with E-state index < -0.39 is 11.9 Å². The number of aliphatic imine (C=N–C) groups is 1. The molecule has 140 valence electrons. The smallest absolute Gasteiger partial charge is 0.191 e. The average molecular weight is 359 g/mol. The number of guanidine groups is 1. The van der Waals surface area contributed by atoms with Gasteiger partial charge in [0, 0.05) is 24.2 Å². The summed E-state index contributed by atoms with van der Waals surface area (Å²) < 4.78 is 19.4. The zero-order valence-electron chi connectivity index (χ0n) is 15.2. The summed E-state index contributed by atoms with van der Waals surface area (Å²) in [6, 6.07) is 13.9. The predicted molar refractivity (Wildman–Crippen MR) is 102 cm³/mol. The monoisotopic (exact) mass is 359 g/mol. The van der Waals surface area contributed by atoms with Crippen LogP contribution >= 0.6 is 0 Å². The van der Waals surface area contributed by atoms with E-state index >= 15 is 0 Å². The molecule has 0 aliphatic carbocycles. The molecule has 6 heteroatoms. The molecule has 1 unspecified atom stereocenters. The fourth-order valence-electron chi connectivity index (χ4n) is 2.49. The molecule has 5 nitrogen and oxygen atoms in total. The number of aliphatic hydroxyl groups is 1. The van der Waals surface area contributed by atoms with Gasteiger partial charge < -0.3 is 20.5 Å². The van der Waals surface area contributed by atoms with Crippen LogP contribution in [0.5, 0.6) is 5.75 Å². The Labute approximate surface area is 153 Å². The van der Waals surface area contributed by atoms with Crippen molar-refractivity contribution in [2.24, 2.45) is 4.99 Å². The van der Waals surface area contributed by atoms with Crippen LogP contribution in [0.2, 0.25) is 0 Å². The zero-order chi connectivity index (χ0) is 18.8. The van der Waals surface area contributed by atoms with Gasteiger partial charge in [0.15, 0.2) is 5.96 Å². The molecule has 0 aromatic heterocycles. The summed E-state index contributed by atoms with van der Waals surface area (Å²) in [7, 11) is 0. The van der Waals surface area contributed by atoms with Crippen molar-refractivity contribution in [3.05, 3.63) is 65.5 Å². The number of hydrogen-bond acceptors (Lipinski definition) is 3. The summed E-state index contributed by atoms with van der Waals surface area (Å²) in [5, 5.41) is 16.4. The highest BCUT2D eigenvalue weighted by molar-refractivity contribution is 5.79. The van der Waals surface area contributed by atoms with E-state index in [2.05, 4.69) is 15.6 Å². The maximum atomic E-state index is 13.8. The molecule has 0 aliphatic rings. The number of benzene rings is 2. The van der Waals surface area contributed by atoms with Crippen LogP contribution in [0.4, 0.5) is 4.39 Å². The molecule has 0 radical (unpaired) electrons. The molecule has 1 atom stereocenters. The number of nitrogens with one attached hydrogen (secondary N) is 2. The molecule has 26 heavy (non-hydrogen) atoms. The molecule has 0 spiro atoms. The first kappa shape index (κ1) is 19.7. The highest BCUT2D eigenvalue weighted by Crippen LogP contribution is 2.19. The van der Waals surface area contributed by atoms with Crippen molar-refractivity contribution < 1.29 is 14.2 Å². The summed E-state index contributed by atoms with van der Waals surface area (Å²) in [5.41, 5.74) is 1.23. The Hall–Kier alpha value is -2.60. The molecule has 2 rings (SSSR count). The number of hydrogen-bond donors (Lipinski definition) is 3. The van der Waals surface area contributed by atoms with E-state index in [4.69, 9.17) is 4.74 Å². The first-order chi connectivity index (χ1) is 12.7. The summed E-state index contributed by atoms with van der Waals surface area (Å²) in [5.74, 6) is 0.935. The van der Waals surface area contributed by atoms with Crippen LogP contribution in [0.1, 0.15) is 31.1 Å². The maximum absolute atomic E-state index is 13.8. The normalized spacial score (nSPS) is 12.5. The fraction of sp³-hybridized carbons (Fsp3) is 0.350. The third-order valence-electron chi connectivity index (χ3n) is 3.75. The Morgan fingerprint density at radius 2 is 1.85 bits per heavy atom. The minimum atomic E-state index is -0.962. The van der Waals surface area contributed by atoms with Gasteiger partial charge in [-0.05, 0) is 26.0 Å². The lowest BCUT2D eigenvalue weighted by Crippen LogP contribution is -2.39. The molecular weight excluding hydrogens is 333 g/mol. The standard InChI is InChI=1S/C20H26FN3O2/c1-3-22-20(23-13-15-9-5-8-12-19(15)26-4-2)24-14-18(25)16-10-6-7-11-17(16)21/h5-12,18,25H,3-4,13-14H2,1-2H3,(H2,22,23,24). The third kappa shape index (κ3) is 5.74. The molecule has 0 bridgehead atoms. The number of para-hydroxylation sites is 1. The maximum Gasteiger partial charge on any atom is 0.191 e. The van der Waals surface area contributed by atoms with Crippen LogP contribution in [0.25, 0.3) is 0 Å². The van der Waals surface area contributed by atoms with Gasteiger partial charge in [0.2, 0.25) is 0 Å². The van der Waals surface area contributed by atoms with Crippen LogP contribution in [0.15, 0.2) is 53.5 Å². The van der Waals surface area contributed by atoms with E-state index in [0.29, 0.717) is 25.7 Å². The third-order valence-corrected chi connectivity index (χ3v) is 3.75. The predicted octanol–water partition coefficient (Wildman–Crippen LogP) is 3.01. The SMILES string of the molecule is CCNC(=NCc1ccccc1OCC)NCC(O)c1ccccc1F. The van der Waals surface area contributed by atoms with E-state index in [1.807, 2.05) is 38.1 Å². The van der Waals surface area contributed by atoms with Crippen molar-refractivity contribution in [2.45, 2.75) is 26.5 Å². The molecule has 0 aliphatic heterocycles. The molecule has 0 amide bonds. The topological polar surface area (TPSA) is 65.9 Å². The van der Waals surface area contributed by atoms with Crippen molar-refractivity contribution in [1.82, 2.24) is 10.6 Å². The lowest BCUT2D eigenvalue weighted by Gasteiger charge is -2.16. The molecule has 0 fully saturated rings. The molecule has 0 saturated carbocycles. The van der Waals surface area contributed by atoms with Crippen LogP contribution in [-0.4, -0.2) is 30.8 Å². The second-order valence-electron chi connectivity index (χ2n) is 5.65. The molecule has 0 heterocycles. The largest absolute Gasteiger partial charge is 0.494 e. The summed E-state index contributed by atoms with van der Waals surface area (Å²) in [4.78, 5) is 4.52. The van der Waals surface area contributed by atoms with Gasteiger partial charge >= 0.3 is 0 Å². The second-order valence-corrected chi connectivity index (χ2v) is 5.65. The lowest BCUT2D eigenvalue weighted by molar-refractivity contribution is 0.176. The molecule has 0 saturated heterocycles. The van der Waals surface area contributed by atoms with E-state index in [1.54, 1.807) is 18.2 Å². The number of nitrogens with zero attached hydrogens (tertiary/aromatic N) is 1. The summed E-state index contributed by atoms with van der Waals surface area (Å²) in [6.07, 6.45) is -0.962. The van der Waals surface area contributed by atoms with Crippen molar-refractivity contribution in [2.75, 3.05) is 19.7 Å². The first-order valence-electron chi connectivity index (χ1n) is 8.81. The zero-order valence-corrected chi connectivity index (χ0v) is 15.2. The van der Waals surface area contributed by atoms with Gasteiger partial charge in [-0.1, -0.05) is 36.4 Å². The van der Waals surface area contributed by atoms with Gasteiger partial charge in [-0.2, -0.15) is 0 Å². The Kier molecular flexibility index (Phi) is 7.89. The molecular formula is C20H26FN3O2. The Balaban J connectivity index is 2.02. The molecule has 3 N–H and O–H groups in total. The van der Waals surface area contributed by atoms with Gasteiger partial charge in [-0.3, -0.25) is 0 Å². The Bertz CT molecular complexity index is 722. The number of ether oxygens (including phenoxy) is 1. The highest BCUT2D eigenvalue weighted by Gasteiger charge is 2.12. The highest BCUT2D eigenvalue weighted by atomic mass is 19.1. The quantitative estimate of drug-likeness (QED) is 0.501. The van der Waals surface area contributed by atoms with Gasteiger partial charge in [-0.15, -0.1) is 0 Å². The minimum Gasteiger partial charge on any atom is -0.494 e. The van der Waals surface area contributed by atoms with Crippen molar-refractivity contribution in [3.8, 4) is 5.75 Å². The van der Waals surface area contributed by atoms with E-state index in [-0.39, 0.29) is 12.1 Å². The van der Waals surface area contributed by atoms with Crippen LogP contribution in [-0.2, 0) is 6.54 Å². The Morgan fingerprint density at radius 3 is 2.58 bits per heavy atom. The molecule has 2 aromatic rings.